The van der Waals surface area contributed by atoms with Crippen molar-refractivity contribution in [3.63, 3.8) is 0 Å². The van der Waals surface area contributed by atoms with E-state index < -0.39 is 0 Å². The fourth-order valence-corrected chi connectivity index (χ4v) is 2.38. The minimum Gasteiger partial charge on any atom is -0.497 e. The molecule has 6 heteroatoms. The summed E-state index contributed by atoms with van der Waals surface area (Å²) in [6, 6.07) is 12.2. The lowest BCUT2D eigenvalue weighted by Crippen LogP contribution is -2.36. The molecule has 0 bridgehead atoms. The highest BCUT2D eigenvalue weighted by Crippen LogP contribution is 2.35. The number of rotatable bonds is 3. The van der Waals surface area contributed by atoms with Crippen LogP contribution in [0.4, 0.5) is 11.4 Å². The van der Waals surface area contributed by atoms with Crippen molar-refractivity contribution < 1.29 is 19.1 Å². The van der Waals surface area contributed by atoms with E-state index in [1.165, 1.54) is 4.90 Å². The number of benzene rings is 2. The molecule has 0 aromatic heterocycles. The van der Waals surface area contributed by atoms with E-state index in [-0.39, 0.29) is 18.4 Å². The number of para-hydroxylation sites is 1. The Kier molecular flexibility index (Phi) is 3.89. The van der Waals surface area contributed by atoms with Gasteiger partial charge < -0.3 is 19.7 Å². The number of hydrogen-bond donors (Lipinski definition) is 1. The molecule has 0 saturated heterocycles. The number of anilines is 2. The van der Waals surface area contributed by atoms with Crippen molar-refractivity contribution in [1.29, 1.82) is 0 Å². The van der Waals surface area contributed by atoms with Gasteiger partial charge in [0.25, 0.3) is 11.8 Å². The van der Waals surface area contributed by atoms with Gasteiger partial charge in [-0.1, -0.05) is 12.1 Å². The monoisotopic (exact) mass is 312 g/mol. The van der Waals surface area contributed by atoms with Crippen LogP contribution in [0.2, 0.25) is 0 Å². The Morgan fingerprint density at radius 1 is 1.26 bits per heavy atom. The van der Waals surface area contributed by atoms with E-state index in [2.05, 4.69) is 5.32 Å². The molecular formula is C17H16N2O4. The molecular weight excluding hydrogens is 296 g/mol. The van der Waals surface area contributed by atoms with Gasteiger partial charge in [-0.2, -0.15) is 0 Å². The number of nitrogens with one attached hydrogen (secondary N) is 1. The second-order valence-corrected chi connectivity index (χ2v) is 5.08. The average molecular weight is 312 g/mol. The number of fused-ring (bicyclic) bond motifs is 1. The molecule has 0 atom stereocenters. The van der Waals surface area contributed by atoms with Gasteiger partial charge in [0.05, 0.1) is 18.4 Å². The molecule has 118 valence electrons. The van der Waals surface area contributed by atoms with Crippen molar-refractivity contribution in [2.75, 3.05) is 31.0 Å². The van der Waals surface area contributed by atoms with Gasteiger partial charge in [0.1, 0.15) is 5.75 Å². The number of nitrogens with zero attached hydrogens (tertiary/aromatic N) is 1. The molecule has 0 radical (unpaired) electrons. The van der Waals surface area contributed by atoms with E-state index >= 15 is 0 Å². The highest BCUT2D eigenvalue weighted by atomic mass is 16.5. The lowest BCUT2D eigenvalue weighted by molar-refractivity contribution is -0.121. The number of methoxy groups -OCH3 is 1. The van der Waals surface area contributed by atoms with Crippen LogP contribution in [-0.4, -0.2) is 32.6 Å². The Hall–Kier alpha value is -3.02. The van der Waals surface area contributed by atoms with Crippen LogP contribution in [0, 0.1) is 0 Å². The minimum atomic E-state index is -0.308. The van der Waals surface area contributed by atoms with Gasteiger partial charge in [-0.3, -0.25) is 9.59 Å². The Bertz CT molecular complexity index is 773. The summed E-state index contributed by atoms with van der Waals surface area (Å²) < 4.78 is 10.6. The topological polar surface area (TPSA) is 67.9 Å². The standard InChI is InChI=1S/C17H16N2O4/c1-19-14-8-4-7-13(16(14)23-10-15(19)20)17(21)18-11-5-3-6-12(9-11)22-2/h3-9H,10H2,1-2H3,(H,18,21). The predicted molar refractivity (Wildman–Crippen MR) is 86.3 cm³/mol. The third kappa shape index (κ3) is 2.83. The van der Waals surface area contributed by atoms with Gasteiger partial charge in [0.2, 0.25) is 0 Å². The van der Waals surface area contributed by atoms with E-state index in [0.717, 1.165) is 0 Å². The molecule has 3 rings (SSSR count). The van der Waals surface area contributed by atoms with Crippen molar-refractivity contribution in [2.24, 2.45) is 0 Å². The Morgan fingerprint density at radius 2 is 2.04 bits per heavy atom. The van der Waals surface area contributed by atoms with Crippen LogP contribution in [0.5, 0.6) is 11.5 Å². The first-order valence-electron chi connectivity index (χ1n) is 7.08. The molecule has 2 aromatic carbocycles. The number of amides is 2. The minimum absolute atomic E-state index is 0.0764. The lowest BCUT2D eigenvalue weighted by atomic mass is 10.1. The molecule has 0 fully saturated rings. The molecule has 1 N–H and O–H groups in total. The van der Waals surface area contributed by atoms with Gasteiger partial charge in [0.15, 0.2) is 12.4 Å². The third-order valence-electron chi connectivity index (χ3n) is 3.64. The third-order valence-corrected chi connectivity index (χ3v) is 3.64. The van der Waals surface area contributed by atoms with Gasteiger partial charge in [-0.25, -0.2) is 0 Å². The average Bonchev–Trinajstić information content (AvgIpc) is 2.58. The van der Waals surface area contributed by atoms with Gasteiger partial charge in [-0.05, 0) is 24.3 Å². The first-order chi connectivity index (χ1) is 11.1. The summed E-state index contributed by atoms with van der Waals surface area (Å²) in [5.41, 5.74) is 1.58. The highest BCUT2D eigenvalue weighted by Gasteiger charge is 2.26. The molecule has 0 saturated carbocycles. The zero-order chi connectivity index (χ0) is 16.4. The lowest BCUT2D eigenvalue weighted by Gasteiger charge is -2.27. The van der Waals surface area contributed by atoms with Crippen molar-refractivity contribution >= 4 is 23.2 Å². The van der Waals surface area contributed by atoms with Gasteiger partial charge in [-0.15, -0.1) is 0 Å². The van der Waals surface area contributed by atoms with Crippen LogP contribution < -0.4 is 19.7 Å². The number of ether oxygens (including phenoxy) is 2. The summed E-state index contributed by atoms with van der Waals surface area (Å²) in [4.78, 5) is 25.7. The summed E-state index contributed by atoms with van der Waals surface area (Å²) in [7, 11) is 3.22. The largest absolute Gasteiger partial charge is 0.497 e. The summed E-state index contributed by atoms with van der Waals surface area (Å²) in [5, 5.41) is 2.81. The predicted octanol–water partition coefficient (Wildman–Crippen LogP) is 2.30. The summed E-state index contributed by atoms with van der Waals surface area (Å²) in [5.74, 6) is 0.607. The van der Waals surface area contributed by atoms with Crippen molar-refractivity contribution in [1.82, 2.24) is 0 Å². The second-order valence-electron chi connectivity index (χ2n) is 5.08. The molecule has 0 unspecified atom stereocenters. The van der Waals surface area contributed by atoms with Crippen molar-refractivity contribution in [3.05, 3.63) is 48.0 Å². The number of hydrogen-bond acceptors (Lipinski definition) is 4. The van der Waals surface area contributed by atoms with Crippen LogP contribution in [0.3, 0.4) is 0 Å². The maximum Gasteiger partial charge on any atom is 0.264 e. The molecule has 1 aliphatic rings. The Morgan fingerprint density at radius 3 is 2.83 bits per heavy atom. The molecule has 0 spiro atoms. The smallest absolute Gasteiger partial charge is 0.264 e. The number of likely N-dealkylation sites (N-methyl/N-ethyl adjacent to an activating group) is 1. The highest BCUT2D eigenvalue weighted by molar-refractivity contribution is 6.09. The molecule has 0 aliphatic carbocycles. The SMILES string of the molecule is COc1cccc(NC(=O)c2cccc3c2OCC(=O)N3C)c1. The maximum absolute atomic E-state index is 12.5. The van der Waals surface area contributed by atoms with Crippen LogP contribution in [-0.2, 0) is 4.79 Å². The Labute approximate surface area is 133 Å². The van der Waals surface area contributed by atoms with E-state index in [4.69, 9.17) is 9.47 Å². The summed E-state index contributed by atoms with van der Waals surface area (Å²) in [6.45, 7) is -0.0764. The van der Waals surface area contributed by atoms with Crippen molar-refractivity contribution in [3.8, 4) is 11.5 Å². The van der Waals surface area contributed by atoms with Crippen LogP contribution in [0.15, 0.2) is 42.5 Å². The molecule has 1 aliphatic heterocycles. The molecule has 6 nitrogen and oxygen atoms in total. The zero-order valence-corrected chi connectivity index (χ0v) is 12.8. The van der Waals surface area contributed by atoms with Crippen LogP contribution in [0.1, 0.15) is 10.4 Å². The Balaban J connectivity index is 1.90. The maximum atomic E-state index is 12.5. The van der Waals surface area contributed by atoms with E-state index in [0.29, 0.717) is 28.4 Å². The quantitative estimate of drug-likeness (QED) is 0.944. The first kappa shape index (κ1) is 14.9. The van der Waals surface area contributed by atoms with Crippen LogP contribution in [0.25, 0.3) is 0 Å². The molecule has 2 aromatic rings. The number of carbonyl (C=O) groups excluding carboxylic acids is 2. The van der Waals surface area contributed by atoms with Crippen molar-refractivity contribution in [2.45, 2.75) is 0 Å². The molecule has 23 heavy (non-hydrogen) atoms. The summed E-state index contributed by atoms with van der Waals surface area (Å²) in [6.07, 6.45) is 0. The summed E-state index contributed by atoms with van der Waals surface area (Å²) >= 11 is 0. The van der Waals surface area contributed by atoms with Gasteiger partial charge in [0, 0.05) is 18.8 Å². The van der Waals surface area contributed by atoms with Crippen LogP contribution >= 0.6 is 0 Å². The second kappa shape index (κ2) is 6.00. The van der Waals surface area contributed by atoms with E-state index in [1.54, 1.807) is 56.6 Å². The number of carbonyl (C=O) groups is 2. The van der Waals surface area contributed by atoms with Gasteiger partial charge >= 0.3 is 0 Å². The van der Waals surface area contributed by atoms with E-state index in [1.807, 2.05) is 0 Å². The van der Waals surface area contributed by atoms with E-state index in [9.17, 15) is 9.59 Å². The normalized spacial score (nSPS) is 13.1. The molecule has 1 heterocycles. The first-order valence-corrected chi connectivity index (χ1v) is 7.08. The zero-order valence-electron chi connectivity index (χ0n) is 12.8. The molecule has 2 amide bonds. The fraction of sp³-hybridized carbons (Fsp3) is 0.176. The fourth-order valence-electron chi connectivity index (χ4n) is 2.38.